The summed E-state index contributed by atoms with van der Waals surface area (Å²) in [6.07, 6.45) is 5.67. The Morgan fingerprint density at radius 1 is 0.896 bits per heavy atom. The summed E-state index contributed by atoms with van der Waals surface area (Å²) in [6, 6.07) is 7.21. The fourth-order valence-electron chi connectivity index (χ4n) is 8.85. The standard InChI is InChI=1S/C38H58ClN5O4/c1-37(2,3)42-24-30(26-9-11-27(39)12-10-26)31(25-42)34(45)43-23-29(22-32(43)35(46)41-19-17-40(6)18-20-41)44(36(47)33-8-7-21-48-33)28-13-15-38(4,5)16-14-28/h9-12,28-33H,7-8,13-25H2,1-6H3/t29?,30-,31+,32+,33-/m0/s1. The summed E-state index contributed by atoms with van der Waals surface area (Å²) in [5.41, 5.74) is 1.24. The fraction of sp³-hybridized carbons (Fsp3) is 0.763. The second-order valence-electron chi connectivity index (χ2n) is 17.0. The van der Waals surface area contributed by atoms with Crippen LogP contribution < -0.4 is 0 Å². The molecule has 10 heteroatoms. The lowest BCUT2D eigenvalue weighted by atomic mass is 9.75. The van der Waals surface area contributed by atoms with Crippen LogP contribution in [0.2, 0.25) is 5.02 Å². The van der Waals surface area contributed by atoms with Crippen molar-refractivity contribution >= 4 is 29.3 Å². The number of hydrogen-bond acceptors (Lipinski definition) is 6. The molecule has 0 N–H and O–H groups in total. The molecule has 5 fully saturated rings. The first-order valence-corrected chi connectivity index (χ1v) is 18.8. The summed E-state index contributed by atoms with van der Waals surface area (Å²) in [5, 5.41) is 0.676. The second kappa shape index (κ2) is 14.2. The molecular weight excluding hydrogens is 626 g/mol. The van der Waals surface area contributed by atoms with E-state index in [0.29, 0.717) is 44.2 Å². The molecule has 1 saturated carbocycles. The highest BCUT2D eigenvalue weighted by molar-refractivity contribution is 6.30. The van der Waals surface area contributed by atoms with Gasteiger partial charge >= 0.3 is 0 Å². The topological polar surface area (TPSA) is 76.6 Å². The molecule has 1 unspecified atom stereocenters. The van der Waals surface area contributed by atoms with Crippen molar-refractivity contribution in [3.05, 3.63) is 34.9 Å². The van der Waals surface area contributed by atoms with E-state index in [9.17, 15) is 9.59 Å². The monoisotopic (exact) mass is 683 g/mol. The highest BCUT2D eigenvalue weighted by Gasteiger charge is 2.51. The number of carbonyl (C=O) groups excluding carboxylic acids is 3. The Hall–Kier alpha value is -2.20. The summed E-state index contributed by atoms with van der Waals surface area (Å²) >= 11 is 6.28. The average Bonchev–Trinajstić information content (AvgIpc) is 3.82. The molecule has 9 nitrogen and oxygen atoms in total. The third-order valence-electron chi connectivity index (χ3n) is 12.1. The zero-order valence-electron chi connectivity index (χ0n) is 30.1. The molecule has 266 valence electrons. The Bertz CT molecular complexity index is 1310. The van der Waals surface area contributed by atoms with Gasteiger partial charge in [0.25, 0.3) is 5.91 Å². The van der Waals surface area contributed by atoms with Crippen LogP contribution in [-0.4, -0.2) is 131 Å². The lowest BCUT2D eigenvalue weighted by molar-refractivity contribution is -0.148. The molecule has 0 spiro atoms. The Balaban J connectivity index is 1.33. The first-order valence-electron chi connectivity index (χ1n) is 18.4. The van der Waals surface area contributed by atoms with E-state index in [0.717, 1.165) is 63.7 Å². The minimum atomic E-state index is -0.583. The van der Waals surface area contributed by atoms with Gasteiger partial charge in [0, 0.05) is 74.9 Å². The minimum Gasteiger partial charge on any atom is -0.368 e. The van der Waals surface area contributed by atoms with Gasteiger partial charge in [-0.2, -0.15) is 0 Å². The number of piperazine rings is 1. The molecule has 5 aliphatic rings. The maximum absolute atomic E-state index is 15.0. The molecule has 48 heavy (non-hydrogen) atoms. The summed E-state index contributed by atoms with van der Waals surface area (Å²) in [6.45, 7) is 16.6. The van der Waals surface area contributed by atoms with Gasteiger partial charge in [-0.05, 0) is 95.9 Å². The molecule has 0 bridgehead atoms. The highest BCUT2D eigenvalue weighted by atomic mass is 35.5. The fourth-order valence-corrected chi connectivity index (χ4v) is 8.98. The highest BCUT2D eigenvalue weighted by Crippen LogP contribution is 2.42. The van der Waals surface area contributed by atoms with Gasteiger partial charge < -0.3 is 24.3 Å². The molecule has 6 rings (SSSR count). The number of hydrogen-bond donors (Lipinski definition) is 0. The average molecular weight is 684 g/mol. The van der Waals surface area contributed by atoms with Crippen LogP contribution in [0.15, 0.2) is 24.3 Å². The van der Waals surface area contributed by atoms with Crippen molar-refractivity contribution in [2.24, 2.45) is 11.3 Å². The number of carbonyl (C=O) groups is 3. The number of likely N-dealkylation sites (tertiary alicyclic amines) is 2. The van der Waals surface area contributed by atoms with Crippen LogP contribution in [-0.2, 0) is 19.1 Å². The van der Waals surface area contributed by atoms with E-state index >= 15 is 4.79 Å². The SMILES string of the molecule is CN1CCN(C(=O)[C@H]2CC(N(C(=O)[C@@H]3CCCO3)C3CCC(C)(C)CC3)CN2C(=O)[C@@H]2CN(C(C)(C)C)C[C@H]2c2ccc(Cl)cc2)CC1. The molecule has 3 amide bonds. The molecule has 1 aromatic carbocycles. The predicted molar refractivity (Wildman–Crippen MR) is 189 cm³/mol. The van der Waals surface area contributed by atoms with Gasteiger partial charge in [-0.3, -0.25) is 19.3 Å². The molecule has 4 aliphatic heterocycles. The van der Waals surface area contributed by atoms with Crippen LogP contribution >= 0.6 is 11.6 Å². The van der Waals surface area contributed by atoms with Gasteiger partial charge in [0.15, 0.2) is 0 Å². The number of ether oxygens (including phenoxy) is 1. The van der Waals surface area contributed by atoms with Crippen molar-refractivity contribution in [2.45, 2.75) is 115 Å². The van der Waals surface area contributed by atoms with Crippen LogP contribution in [0.5, 0.6) is 0 Å². The van der Waals surface area contributed by atoms with Crippen molar-refractivity contribution < 1.29 is 19.1 Å². The molecule has 1 aromatic rings. The second-order valence-corrected chi connectivity index (χ2v) is 17.4. The van der Waals surface area contributed by atoms with E-state index in [1.807, 2.05) is 34.1 Å². The number of likely N-dealkylation sites (N-methyl/N-ethyl adjacent to an activating group) is 1. The molecule has 5 atom stereocenters. The van der Waals surface area contributed by atoms with Crippen LogP contribution in [0, 0.1) is 11.3 Å². The first-order chi connectivity index (χ1) is 22.7. The van der Waals surface area contributed by atoms with E-state index in [1.165, 1.54) is 0 Å². The number of halogens is 1. The maximum atomic E-state index is 15.0. The number of rotatable bonds is 6. The number of amides is 3. The molecule has 4 heterocycles. The normalized spacial score (nSPS) is 30.6. The largest absolute Gasteiger partial charge is 0.368 e. The van der Waals surface area contributed by atoms with Crippen LogP contribution in [0.4, 0.5) is 0 Å². The summed E-state index contributed by atoms with van der Waals surface area (Å²) in [4.78, 5) is 54.4. The lowest BCUT2D eigenvalue weighted by Crippen LogP contribution is -2.54. The van der Waals surface area contributed by atoms with E-state index in [4.69, 9.17) is 16.3 Å². The van der Waals surface area contributed by atoms with E-state index < -0.39 is 12.1 Å². The van der Waals surface area contributed by atoms with Gasteiger partial charge in [-0.25, -0.2) is 0 Å². The third-order valence-corrected chi connectivity index (χ3v) is 12.4. The number of benzene rings is 1. The van der Waals surface area contributed by atoms with E-state index in [1.54, 1.807) is 0 Å². The molecule has 0 aromatic heterocycles. The Morgan fingerprint density at radius 3 is 2.17 bits per heavy atom. The Labute approximate surface area is 293 Å². The smallest absolute Gasteiger partial charge is 0.252 e. The molecule has 0 radical (unpaired) electrons. The Kier molecular flexibility index (Phi) is 10.5. The van der Waals surface area contributed by atoms with Crippen molar-refractivity contribution in [1.29, 1.82) is 0 Å². The Morgan fingerprint density at radius 2 is 1.56 bits per heavy atom. The van der Waals surface area contributed by atoms with Crippen LogP contribution in [0.3, 0.4) is 0 Å². The zero-order valence-corrected chi connectivity index (χ0v) is 30.9. The quantitative estimate of drug-likeness (QED) is 0.426. The van der Waals surface area contributed by atoms with Crippen molar-refractivity contribution in [2.75, 3.05) is 59.5 Å². The van der Waals surface area contributed by atoms with E-state index in [-0.39, 0.29) is 52.6 Å². The molecule has 4 saturated heterocycles. The number of nitrogens with zero attached hydrogens (tertiary/aromatic N) is 5. The third kappa shape index (κ3) is 7.59. The predicted octanol–water partition coefficient (Wildman–Crippen LogP) is 4.87. The zero-order chi connectivity index (χ0) is 34.4. The maximum Gasteiger partial charge on any atom is 0.252 e. The summed E-state index contributed by atoms with van der Waals surface area (Å²) < 4.78 is 5.97. The summed E-state index contributed by atoms with van der Waals surface area (Å²) in [7, 11) is 2.08. The van der Waals surface area contributed by atoms with Gasteiger partial charge in [0.2, 0.25) is 11.8 Å². The molecule has 1 aliphatic carbocycles. The van der Waals surface area contributed by atoms with Crippen molar-refractivity contribution in [1.82, 2.24) is 24.5 Å². The minimum absolute atomic E-state index is 0.0161. The van der Waals surface area contributed by atoms with Crippen molar-refractivity contribution in [3.63, 3.8) is 0 Å². The summed E-state index contributed by atoms with van der Waals surface area (Å²) in [5.74, 6) is -0.198. The molecular formula is C38H58ClN5O4. The first kappa shape index (κ1) is 35.6. The van der Waals surface area contributed by atoms with Crippen molar-refractivity contribution in [3.8, 4) is 0 Å². The van der Waals surface area contributed by atoms with Gasteiger partial charge in [-0.1, -0.05) is 37.6 Å². The van der Waals surface area contributed by atoms with Crippen LogP contribution in [0.1, 0.15) is 91.0 Å². The van der Waals surface area contributed by atoms with Gasteiger partial charge in [0.1, 0.15) is 12.1 Å². The van der Waals surface area contributed by atoms with Gasteiger partial charge in [-0.15, -0.1) is 0 Å². The van der Waals surface area contributed by atoms with Gasteiger partial charge in [0.05, 0.1) is 12.0 Å². The van der Waals surface area contributed by atoms with Crippen LogP contribution in [0.25, 0.3) is 0 Å². The lowest BCUT2D eigenvalue weighted by Gasteiger charge is -2.43. The van der Waals surface area contributed by atoms with E-state index in [2.05, 4.69) is 56.4 Å².